The molecule has 2 rings (SSSR count). The molecule has 18 heavy (non-hydrogen) atoms. The molecule has 1 aromatic carbocycles. The van der Waals surface area contributed by atoms with E-state index in [-0.39, 0.29) is 16.9 Å². The molecule has 0 saturated heterocycles. The molecule has 0 saturated carbocycles. The summed E-state index contributed by atoms with van der Waals surface area (Å²) in [4.78, 5) is 22.4. The molecular weight excluding hydrogens is 237 g/mol. The molecule has 2 aromatic rings. The first-order chi connectivity index (χ1) is 8.50. The van der Waals surface area contributed by atoms with Crippen molar-refractivity contribution in [3.8, 4) is 5.69 Å². The lowest BCUT2D eigenvalue weighted by molar-refractivity contribution is 0.0992. The first-order valence-electron chi connectivity index (χ1n) is 5.16. The molecule has 92 valence electrons. The summed E-state index contributed by atoms with van der Waals surface area (Å²) in [6.07, 6.45) is 1.45. The van der Waals surface area contributed by atoms with Crippen molar-refractivity contribution in [2.75, 3.05) is 0 Å². The Hall–Kier alpha value is -2.50. The van der Waals surface area contributed by atoms with E-state index in [9.17, 15) is 14.0 Å². The van der Waals surface area contributed by atoms with Crippen LogP contribution in [0.25, 0.3) is 5.69 Å². The number of carbonyl (C=O) groups is 2. The molecule has 0 atom stereocenters. The lowest BCUT2D eigenvalue weighted by atomic mass is 10.1. The van der Waals surface area contributed by atoms with Gasteiger partial charge in [-0.15, -0.1) is 0 Å². The van der Waals surface area contributed by atoms with Crippen molar-refractivity contribution in [3.63, 3.8) is 0 Å². The minimum atomic E-state index is -0.686. The Bertz CT molecular complexity index is 634. The second kappa shape index (κ2) is 4.40. The van der Waals surface area contributed by atoms with Gasteiger partial charge in [0, 0.05) is 6.20 Å². The van der Waals surface area contributed by atoms with E-state index in [4.69, 9.17) is 5.73 Å². The fraction of sp³-hybridized carbons (Fsp3) is 0.0833. The highest BCUT2D eigenvalue weighted by Crippen LogP contribution is 2.18. The SMILES string of the molecule is CC(=O)c1c(F)cccc1-n1ccc(C(N)=O)n1. The van der Waals surface area contributed by atoms with Gasteiger partial charge in [-0.05, 0) is 25.1 Å². The minimum Gasteiger partial charge on any atom is -0.364 e. The van der Waals surface area contributed by atoms with Crippen LogP contribution in [0.5, 0.6) is 0 Å². The Labute approximate surface area is 102 Å². The standard InChI is InChI=1S/C12H10FN3O2/c1-7(17)11-8(13)3-2-4-10(11)16-6-5-9(15-16)12(14)18/h2-6H,1H3,(H2,14,18). The summed E-state index contributed by atoms with van der Waals surface area (Å²) in [6.45, 7) is 1.26. The van der Waals surface area contributed by atoms with Crippen LogP contribution in [0.15, 0.2) is 30.5 Å². The van der Waals surface area contributed by atoms with Crippen molar-refractivity contribution in [3.05, 3.63) is 47.5 Å². The summed E-state index contributed by atoms with van der Waals surface area (Å²) in [7, 11) is 0. The van der Waals surface area contributed by atoms with Crippen LogP contribution in [0.3, 0.4) is 0 Å². The van der Waals surface area contributed by atoms with E-state index in [1.807, 2.05) is 0 Å². The molecule has 0 bridgehead atoms. The zero-order valence-corrected chi connectivity index (χ0v) is 9.55. The molecule has 1 aromatic heterocycles. The number of amides is 1. The van der Waals surface area contributed by atoms with E-state index in [1.165, 1.54) is 42.1 Å². The van der Waals surface area contributed by atoms with Gasteiger partial charge in [0.1, 0.15) is 11.5 Å². The van der Waals surface area contributed by atoms with E-state index in [1.54, 1.807) is 0 Å². The lowest BCUT2D eigenvalue weighted by Crippen LogP contribution is -2.13. The number of halogens is 1. The lowest BCUT2D eigenvalue weighted by Gasteiger charge is -2.07. The molecule has 2 N–H and O–H groups in total. The molecule has 0 aliphatic carbocycles. The van der Waals surface area contributed by atoms with Crippen LogP contribution in [0.4, 0.5) is 4.39 Å². The average Bonchev–Trinajstić information content (AvgIpc) is 2.77. The van der Waals surface area contributed by atoms with Crippen molar-refractivity contribution >= 4 is 11.7 Å². The summed E-state index contributed by atoms with van der Waals surface area (Å²) in [6, 6.07) is 5.59. The number of ketones is 1. The Kier molecular flexibility index (Phi) is 2.93. The van der Waals surface area contributed by atoms with E-state index >= 15 is 0 Å². The summed E-state index contributed by atoms with van der Waals surface area (Å²) in [5.41, 5.74) is 5.33. The Morgan fingerprint density at radius 3 is 2.61 bits per heavy atom. The largest absolute Gasteiger partial charge is 0.364 e. The molecule has 0 aliphatic heterocycles. The number of rotatable bonds is 3. The summed E-state index contributed by atoms with van der Waals surface area (Å²) < 4.78 is 14.8. The summed E-state index contributed by atoms with van der Waals surface area (Å²) in [5, 5.41) is 3.89. The number of nitrogens with zero attached hydrogens (tertiary/aromatic N) is 2. The van der Waals surface area contributed by atoms with E-state index < -0.39 is 17.5 Å². The fourth-order valence-corrected chi connectivity index (χ4v) is 1.64. The highest BCUT2D eigenvalue weighted by atomic mass is 19.1. The number of aromatic nitrogens is 2. The molecule has 1 heterocycles. The van der Waals surface area contributed by atoms with Gasteiger partial charge in [0.15, 0.2) is 5.78 Å². The predicted octanol–water partition coefficient (Wildman–Crippen LogP) is 1.31. The number of benzene rings is 1. The molecule has 0 aliphatic rings. The highest BCUT2D eigenvalue weighted by Gasteiger charge is 2.15. The maximum atomic E-state index is 13.6. The second-order valence-electron chi connectivity index (χ2n) is 3.70. The Morgan fingerprint density at radius 2 is 2.06 bits per heavy atom. The third-order valence-corrected chi connectivity index (χ3v) is 2.43. The fourth-order valence-electron chi connectivity index (χ4n) is 1.64. The van der Waals surface area contributed by atoms with Crippen LogP contribution in [-0.4, -0.2) is 21.5 Å². The molecule has 0 unspecified atom stereocenters. The molecule has 0 spiro atoms. The number of hydrogen-bond donors (Lipinski definition) is 1. The van der Waals surface area contributed by atoms with Gasteiger partial charge in [-0.1, -0.05) is 6.07 Å². The normalized spacial score (nSPS) is 10.3. The van der Waals surface area contributed by atoms with Gasteiger partial charge in [-0.2, -0.15) is 5.10 Å². The number of nitrogens with two attached hydrogens (primary N) is 1. The van der Waals surface area contributed by atoms with E-state index in [0.717, 1.165) is 0 Å². The van der Waals surface area contributed by atoms with Crippen molar-refractivity contribution in [1.29, 1.82) is 0 Å². The molecule has 6 heteroatoms. The zero-order chi connectivity index (χ0) is 13.3. The zero-order valence-electron chi connectivity index (χ0n) is 9.55. The first kappa shape index (κ1) is 12.0. The minimum absolute atomic E-state index is 0.0498. The van der Waals surface area contributed by atoms with E-state index in [0.29, 0.717) is 0 Å². The third kappa shape index (κ3) is 2.00. The van der Waals surface area contributed by atoms with Crippen molar-refractivity contribution in [2.45, 2.75) is 6.92 Å². The average molecular weight is 247 g/mol. The molecule has 0 fully saturated rings. The van der Waals surface area contributed by atoms with Gasteiger partial charge in [0.05, 0.1) is 11.3 Å². The quantitative estimate of drug-likeness (QED) is 0.830. The van der Waals surface area contributed by atoms with Crippen molar-refractivity contribution < 1.29 is 14.0 Å². The number of primary amides is 1. The highest BCUT2D eigenvalue weighted by molar-refractivity contribution is 5.98. The molecule has 0 radical (unpaired) electrons. The molecule has 5 nitrogen and oxygen atoms in total. The molecule has 1 amide bonds. The Morgan fingerprint density at radius 1 is 1.33 bits per heavy atom. The number of carbonyl (C=O) groups excluding carboxylic acids is 2. The topological polar surface area (TPSA) is 78.0 Å². The third-order valence-electron chi connectivity index (χ3n) is 2.43. The van der Waals surface area contributed by atoms with Crippen LogP contribution in [0, 0.1) is 5.82 Å². The van der Waals surface area contributed by atoms with Crippen LogP contribution in [0.2, 0.25) is 0 Å². The van der Waals surface area contributed by atoms with Crippen molar-refractivity contribution in [2.24, 2.45) is 5.73 Å². The predicted molar refractivity (Wildman–Crippen MR) is 62.0 cm³/mol. The van der Waals surface area contributed by atoms with Crippen LogP contribution < -0.4 is 5.73 Å². The van der Waals surface area contributed by atoms with Crippen LogP contribution >= 0.6 is 0 Å². The van der Waals surface area contributed by atoms with Crippen LogP contribution in [-0.2, 0) is 0 Å². The maximum Gasteiger partial charge on any atom is 0.269 e. The smallest absolute Gasteiger partial charge is 0.269 e. The van der Waals surface area contributed by atoms with Gasteiger partial charge >= 0.3 is 0 Å². The van der Waals surface area contributed by atoms with Crippen LogP contribution in [0.1, 0.15) is 27.8 Å². The van der Waals surface area contributed by atoms with Gasteiger partial charge in [-0.3, -0.25) is 9.59 Å². The first-order valence-corrected chi connectivity index (χ1v) is 5.16. The second-order valence-corrected chi connectivity index (χ2v) is 3.70. The summed E-state index contributed by atoms with van der Waals surface area (Å²) >= 11 is 0. The maximum absolute atomic E-state index is 13.6. The van der Waals surface area contributed by atoms with Gasteiger partial charge in [-0.25, -0.2) is 9.07 Å². The van der Waals surface area contributed by atoms with Gasteiger partial charge < -0.3 is 5.73 Å². The monoisotopic (exact) mass is 247 g/mol. The summed E-state index contributed by atoms with van der Waals surface area (Å²) in [5.74, 6) is -1.73. The van der Waals surface area contributed by atoms with E-state index in [2.05, 4.69) is 5.10 Å². The molecular formula is C12H10FN3O2. The number of Topliss-reactive ketones (excluding diaryl/α,β-unsaturated/α-hetero) is 1. The van der Waals surface area contributed by atoms with Crippen molar-refractivity contribution in [1.82, 2.24) is 9.78 Å². The Balaban J connectivity index is 2.59. The van der Waals surface area contributed by atoms with Gasteiger partial charge in [0.2, 0.25) is 0 Å². The van der Waals surface area contributed by atoms with Gasteiger partial charge in [0.25, 0.3) is 5.91 Å². The number of hydrogen-bond acceptors (Lipinski definition) is 3.